The van der Waals surface area contributed by atoms with Crippen LogP contribution in [0, 0.1) is 0 Å². The zero-order chi connectivity index (χ0) is 22.0. The van der Waals surface area contributed by atoms with Crippen LogP contribution >= 0.6 is 0 Å². The number of unbranched alkanes of at least 4 members (excludes halogenated alkanes) is 15. The van der Waals surface area contributed by atoms with Gasteiger partial charge in [0.1, 0.15) is 24.5 Å². The molecule has 1 rings (SSSR count). The summed E-state index contributed by atoms with van der Waals surface area (Å²) in [5.41, 5.74) is 5.92. The number of aliphatic hydroxyl groups excluding tert-OH is 3. The van der Waals surface area contributed by atoms with Crippen molar-refractivity contribution in [2.24, 2.45) is 5.73 Å². The predicted molar refractivity (Wildman–Crippen MR) is 123 cm³/mol. The van der Waals surface area contributed by atoms with Crippen molar-refractivity contribution >= 4 is 0 Å². The molecule has 1 aliphatic rings. The molecule has 5 atom stereocenters. The first kappa shape index (κ1) is 27.8. The van der Waals surface area contributed by atoms with E-state index in [1.165, 1.54) is 96.3 Å². The van der Waals surface area contributed by atoms with Crippen LogP contribution in [-0.4, -0.2) is 59.1 Å². The smallest absolute Gasteiger partial charge is 0.126 e. The Morgan fingerprint density at radius 1 is 0.700 bits per heavy atom. The van der Waals surface area contributed by atoms with Crippen molar-refractivity contribution in [3.8, 4) is 0 Å². The van der Waals surface area contributed by atoms with E-state index in [4.69, 9.17) is 10.5 Å². The summed E-state index contributed by atoms with van der Waals surface area (Å²) >= 11 is 0. The molecule has 180 valence electrons. The van der Waals surface area contributed by atoms with Crippen molar-refractivity contribution < 1.29 is 20.1 Å². The molecule has 1 aliphatic heterocycles. The molecule has 0 aromatic rings. The zero-order valence-electron chi connectivity index (χ0n) is 19.4. The molecule has 0 aromatic carbocycles. The van der Waals surface area contributed by atoms with Crippen molar-refractivity contribution in [3.63, 3.8) is 0 Å². The van der Waals surface area contributed by atoms with E-state index < -0.39 is 30.6 Å². The van der Waals surface area contributed by atoms with Gasteiger partial charge in [-0.3, -0.25) is 5.32 Å². The fourth-order valence-electron chi connectivity index (χ4n) is 4.24. The van der Waals surface area contributed by atoms with E-state index >= 15 is 0 Å². The fraction of sp³-hybridized carbons (Fsp3) is 1.00. The molecule has 1 fully saturated rings. The van der Waals surface area contributed by atoms with E-state index in [1.54, 1.807) is 0 Å². The minimum absolute atomic E-state index is 0.331. The normalized spacial score (nSPS) is 26.9. The Bertz CT molecular complexity index is 384. The molecule has 1 unspecified atom stereocenters. The average Bonchev–Trinajstić information content (AvgIpc) is 2.75. The Kier molecular flexibility index (Phi) is 17.0. The first-order chi connectivity index (χ1) is 14.6. The quantitative estimate of drug-likeness (QED) is 0.200. The summed E-state index contributed by atoms with van der Waals surface area (Å²) in [7, 11) is 0. The van der Waals surface area contributed by atoms with Gasteiger partial charge in [-0.2, -0.15) is 0 Å². The van der Waals surface area contributed by atoms with E-state index in [0.29, 0.717) is 0 Å². The van der Waals surface area contributed by atoms with E-state index in [9.17, 15) is 15.3 Å². The molecule has 0 aromatic heterocycles. The second kappa shape index (κ2) is 18.3. The van der Waals surface area contributed by atoms with Gasteiger partial charge in [-0.25, -0.2) is 0 Å². The molecule has 0 saturated carbocycles. The van der Waals surface area contributed by atoms with Crippen LogP contribution < -0.4 is 11.1 Å². The largest absolute Gasteiger partial charge is 0.394 e. The van der Waals surface area contributed by atoms with Gasteiger partial charge in [0, 0.05) is 0 Å². The lowest BCUT2D eigenvalue weighted by Gasteiger charge is -2.41. The molecule has 30 heavy (non-hydrogen) atoms. The van der Waals surface area contributed by atoms with Crippen molar-refractivity contribution in [1.82, 2.24) is 5.32 Å². The number of nitrogens with two attached hydrogens (primary N) is 1. The molecule has 0 aliphatic carbocycles. The summed E-state index contributed by atoms with van der Waals surface area (Å²) in [6.45, 7) is 2.70. The summed E-state index contributed by atoms with van der Waals surface area (Å²) in [5, 5.41) is 32.2. The molecule has 6 N–H and O–H groups in total. The summed E-state index contributed by atoms with van der Waals surface area (Å²) < 4.78 is 5.56. The number of hydrogen-bond donors (Lipinski definition) is 5. The monoisotopic (exact) mass is 430 g/mol. The highest BCUT2D eigenvalue weighted by Crippen LogP contribution is 2.18. The Morgan fingerprint density at radius 3 is 1.57 bits per heavy atom. The van der Waals surface area contributed by atoms with E-state index in [1.807, 2.05) is 0 Å². The number of hydrogen-bond acceptors (Lipinski definition) is 6. The lowest BCUT2D eigenvalue weighted by atomic mass is 9.97. The number of rotatable bonds is 19. The van der Waals surface area contributed by atoms with Crippen LogP contribution in [0.1, 0.15) is 110 Å². The molecule has 6 heteroatoms. The highest BCUT2D eigenvalue weighted by molar-refractivity contribution is 4.93. The third-order valence-corrected chi connectivity index (χ3v) is 6.35. The lowest BCUT2D eigenvalue weighted by molar-refractivity contribution is -0.196. The van der Waals surface area contributed by atoms with Gasteiger partial charge >= 0.3 is 0 Å². The molecule has 0 radical (unpaired) electrons. The Labute approximate surface area is 185 Å². The number of aliphatic hydroxyl groups is 3. The van der Waals surface area contributed by atoms with Gasteiger partial charge in [-0.15, -0.1) is 0 Å². The van der Waals surface area contributed by atoms with Crippen LogP contribution in [-0.2, 0) is 4.74 Å². The SMILES string of the molecule is CCCCCCCCCCCCCCCCCCNC1O[C@H](CO)[C@@H](O)[C@H](O)[C@H]1N. The average molecular weight is 431 g/mol. The fourth-order valence-corrected chi connectivity index (χ4v) is 4.24. The van der Waals surface area contributed by atoms with Gasteiger partial charge in [0.25, 0.3) is 0 Å². The molecule has 0 amide bonds. The van der Waals surface area contributed by atoms with Gasteiger partial charge in [-0.1, -0.05) is 103 Å². The van der Waals surface area contributed by atoms with Gasteiger partial charge in [0.05, 0.1) is 12.6 Å². The van der Waals surface area contributed by atoms with E-state index in [-0.39, 0.29) is 6.61 Å². The number of ether oxygens (including phenoxy) is 1. The van der Waals surface area contributed by atoms with Crippen molar-refractivity contribution in [2.75, 3.05) is 13.2 Å². The summed E-state index contributed by atoms with van der Waals surface area (Å²) in [5.74, 6) is 0. The Balaban J connectivity index is 1.85. The molecule has 1 heterocycles. The number of nitrogens with one attached hydrogen (secondary N) is 1. The maximum atomic E-state index is 9.96. The summed E-state index contributed by atoms with van der Waals surface area (Å²) in [6.07, 6.45) is 18.0. The molecular formula is C24H50N2O4. The van der Waals surface area contributed by atoms with Crippen LogP contribution in [0.5, 0.6) is 0 Å². The minimum atomic E-state index is -1.14. The second-order valence-electron chi connectivity index (χ2n) is 9.09. The van der Waals surface area contributed by atoms with Gasteiger partial charge in [0.15, 0.2) is 0 Å². The lowest BCUT2D eigenvalue weighted by Crippen LogP contribution is -2.65. The summed E-state index contributed by atoms with van der Waals surface area (Å²) in [6, 6.07) is -0.691. The highest BCUT2D eigenvalue weighted by atomic mass is 16.5. The van der Waals surface area contributed by atoms with Crippen LogP contribution in [0.25, 0.3) is 0 Å². The Hall–Kier alpha value is -0.240. The first-order valence-electron chi connectivity index (χ1n) is 12.7. The highest BCUT2D eigenvalue weighted by Gasteiger charge is 2.41. The maximum Gasteiger partial charge on any atom is 0.126 e. The van der Waals surface area contributed by atoms with Crippen molar-refractivity contribution in [3.05, 3.63) is 0 Å². The molecular weight excluding hydrogens is 380 g/mol. The first-order valence-corrected chi connectivity index (χ1v) is 12.7. The van der Waals surface area contributed by atoms with Crippen LogP contribution in [0.15, 0.2) is 0 Å². The second-order valence-corrected chi connectivity index (χ2v) is 9.09. The van der Waals surface area contributed by atoms with E-state index in [2.05, 4.69) is 12.2 Å². The van der Waals surface area contributed by atoms with Crippen LogP contribution in [0.4, 0.5) is 0 Å². The molecule has 0 bridgehead atoms. The summed E-state index contributed by atoms with van der Waals surface area (Å²) in [4.78, 5) is 0. The van der Waals surface area contributed by atoms with Gasteiger partial charge in [-0.05, 0) is 13.0 Å². The third-order valence-electron chi connectivity index (χ3n) is 6.35. The van der Waals surface area contributed by atoms with E-state index in [0.717, 1.165) is 13.0 Å². The standard InChI is InChI=1S/C24H50N2O4/c1-2-3-4-5-6-7-8-9-10-11-12-13-14-15-16-17-18-26-24-21(25)23(29)22(28)20(19-27)30-24/h20-24,26-29H,2-19,25H2,1H3/t20-,21-,22-,23-,24?/m1/s1. The predicted octanol–water partition coefficient (Wildman–Crippen LogP) is 3.60. The van der Waals surface area contributed by atoms with Crippen molar-refractivity contribution in [1.29, 1.82) is 0 Å². The molecule has 1 saturated heterocycles. The van der Waals surface area contributed by atoms with Crippen LogP contribution in [0.3, 0.4) is 0 Å². The van der Waals surface area contributed by atoms with Crippen molar-refractivity contribution in [2.45, 2.75) is 140 Å². The van der Waals surface area contributed by atoms with Gasteiger partial charge in [0.2, 0.25) is 0 Å². The third kappa shape index (κ3) is 12.0. The Morgan fingerprint density at radius 2 is 1.13 bits per heavy atom. The van der Waals surface area contributed by atoms with Crippen LogP contribution in [0.2, 0.25) is 0 Å². The minimum Gasteiger partial charge on any atom is -0.394 e. The maximum absolute atomic E-state index is 9.96. The molecule has 0 spiro atoms. The van der Waals surface area contributed by atoms with Gasteiger partial charge < -0.3 is 25.8 Å². The molecule has 6 nitrogen and oxygen atoms in total. The zero-order valence-corrected chi connectivity index (χ0v) is 19.4. The topological polar surface area (TPSA) is 108 Å².